The summed E-state index contributed by atoms with van der Waals surface area (Å²) < 4.78 is 3.74. The van der Waals surface area contributed by atoms with E-state index in [1.54, 1.807) is 0 Å². The Morgan fingerprint density at radius 2 is 1.87 bits per heavy atom. The molecule has 0 N–H and O–H groups in total. The van der Waals surface area contributed by atoms with E-state index in [9.17, 15) is 0 Å². The van der Waals surface area contributed by atoms with Crippen LogP contribution in [0.3, 0.4) is 0 Å². The predicted molar refractivity (Wildman–Crippen MR) is 67.8 cm³/mol. The summed E-state index contributed by atoms with van der Waals surface area (Å²) in [6.45, 7) is 4.42. The van der Waals surface area contributed by atoms with Crippen molar-refractivity contribution >= 4 is 32.5 Å². The van der Waals surface area contributed by atoms with Gasteiger partial charge in [0.15, 0.2) is 0 Å². The quantitative estimate of drug-likeness (QED) is 0.534. The molecule has 2 aromatic heterocycles. The molecule has 15 heavy (non-hydrogen) atoms. The number of aryl methyl sites for hydroxylation is 3. The number of fused-ring (bicyclic) bond motifs is 3. The maximum absolute atomic E-state index is 2.31. The van der Waals surface area contributed by atoms with Gasteiger partial charge in [0.25, 0.3) is 0 Å². The van der Waals surface area contributed by atoms with E-state index >= 15 is 0 Å². The lowest BCUT2D eigenvalue weighted by Gasteiger charge is -1.98. The Hall–Kier alpha value is -1.28. The zero-order chi connectivity index (χ0) is 10.6. The van der Waals surface area contributed by atoms with Crippen LogP contribution in [0.4, 0.5) is 0 Å². The standard InChI is InChI=1S/C13H13NS/c1-8-9(2)15-13-10-6-4-5-7-11(10)14(3)12(8)13/h4-7H,1-3H3. The molecule has 0 saturated heterocycles. The normalized spacial score (nSPS) is 11.7. The molecule has 0 aliphatic rings. The van der Waals surface area contributed by atoms with E-state index in [-0.39, 0.29) is 0 Å². The van der Waals surface area contributed by atoms with Crippen molar-refractivity contribution in [3.63, 3.8) is 0 Å². The Bertz CT molecular complexity index is 658. The summed E-state index contributed by atoms with van der Waals surface area (Å²) >= 11 is 1.91. The zero-order valence-corrected chi connectivity index (χ0v) is 9.98. The molecule has 0 amide bonds. The second-order valence-corrected chi connectivity index (χ2v) is 5.26. The van der Waals surface area contributed by atoms with Crippen molar-refractivity contribution in [3.8, 4) is 0 Å². The van der Waals surface area contributed by atoms with Gasteiger partial charge in [0.05, 0.1) is 10.2 Å². The number of para-hydroxylation sites is 1. The number of aromatic nitrogens is 1. The minimum atomic E-state index is 1.34. The zero-order valence-electron chi connectivity index (χ0n) is 9.16. The highest BCUT2D eigenvalue weighted by molar-refractivity contribution is 7.20. The summed E-state index contributed by atoms with van der Waals surface area (Å²) in [6, 6.07) is 8.63. The molecule has 3 rings (SSSR count). The average molecular weight is 215 g/mol. The van der Waals surface area contributed by atoms with Gasteiger partial charge in [-0.05, 0) is 25.5 Å². The van der Waals surface area contributed by atoms with Gasteiger partial charge in [-0.1, -0.05) is 18.2 Å². The third-order valence-corrected chi connectivity index (χ3v) is 4.43. The highest BCUT2D eigenvalue weighted by Crippen LogP contribution is 2.37. The van der Waals surface area contributed by atoms with Crippen molar-refractivity contribution < 1.29 is 0 Å². The predicted octanol–water partition coefficient (Wildman–Crippen LogP) is 4.01. The Morgan fingerprint density at radius 1 is 1.13 bits per heavy atom. The molecule has 1 nitrogen and oxygen atoms in total. The fraction of sp³-hybridized carbons (Fsp3) is 0.231. The van der Waals surface area contributed by atoms with Crippen LogP contribution in [-0.2, 0) is 7.05 Å². The first-order valence-electron chi connectivity index (χ1n) is 5.13. The van der Waals surface area contributed by atoms with Crippen LogP contribution in [0.25, 0.3) is 21.1 Å². The first-order valence-corrected chi connectivity index (χ1v) is 5.95. The third-order valence-electron chi connectivity index (χ3n) is 3.20. The smallest absolute Gasteiger partial charge is 0.0630 e. The van der Waals surface area contributed by atoms with E-state index in [4.69, 9.17) is 0 Å². The van der Waals surface area contributed by atoms with Gasteiger partial charge in [-0.3, -0.25) is 0 Å². The van der Waals surface area contributed by atoms with Crippen LogP contribution in [0.5, 0.6) is 0 Å². The molecule has 76 valence electrons. The van der Waals surface area contributed by atoms with Crippen molar-refractivity contribution in [2.45, 2.75) is 13.8 Å². The fourth-order valence-electron chi connectivity index (χ4n) is 2.28. The van der Waals surface area contributed by atoms with Crippen LogP contribution in [0.1, 0.15) is 10.4 Å². The minimum absolute atomic E-state index is 1.34. The maximum atomic E-state index is 2.31. The molecule has 0 unspecified atom stereocenters. The minimum Gasteiger partial charge on any atom is -0.343 e. The van der Waals surface area contributed by atoms with Gasteiger partial charge < -0.3 is 4.57 Å². The molecule has 0 fully saturated rings. The first-order chi connectivity index (χ1) is 7.20. The molecule has 1 aromatic carbocycles. The van der Waals surface area contributed by atoms with Crippen molar-refractivity contribution in [3.05, 3.63) is 34.7 Å². The number of thiophene rings is 1. The van der Waals surface area contributed by atoms with Crippen LogP contribution in [0.15, 0.2) is 24.3 Å². The molecule has 0 radical (unpaired) electrons. The molecule has 0 atom stereocenters. The first kappa shape index (κ1) is 8.98. The van der Waals surface area contributed by atoms with Crippen molar-refractivity contribution in [2.24, 2.45) is 7.05 Å². The lowest BCUT2D eigenvalue weighted by molar-refractivity contribution is 1.01. The molecule has 2 heterocycles. The summed E-state index contributed by atoms with van der Waals surface area (Å²) in [5, 5.41) is 1.39. The Balaban J connectivity index is 2.67. The average Bonchev–Trinajstić information content (AvgIpc) is 2.68. The van der Waals surface area contributed by atoms with E-state index in [1.165, 1.54) is 31.6 Å². The second kappa shape index (κ2) is 2.86. The molecular weight excluding hydrogens is 202 g/mol. The Kier molecular flexibility index (Phi) is 1.71. The van der Waals surface area contributed by atoms with Gasteiger partial charge in [0.1, 0.15) is 0 Å². The van der Waals surface area contributed by atoms with E-state index in [2.05, 4.69) is 49.7 Å². The maximum Gasteiger partial charge on any atom is 0.0630 e. The number of hydrogen-bond donors (Lipinski definition) is 0. The summed E-state index contributed by atoms with van der Waals surface area (Å²) in [5.41, 5.74) is 4.16. The molecule has 3 aromatic rings. The number of nitrogens with zero attached hydrogens (tertiary/aromatic N) is 1. The van der Waals surface area contributed by atoms with Gasteiger partial charge in [0.2, 0.25) is 0 Å². The van der Waals surface area contributed by atoms with Gasteiger partial charge in [-0.2, -0.15) is 0 Å². The fourth-order valence-corrected chi connectivity index (χ4v) is 3.51. The topological polar surface area (TPSA) is 4.93 Å². The van der Waals surface area contributed by atoms with Crippen LogP contribution < -0.4 is 0 Å². The van der Waals surface area contributed by atoms with E-state index in [0.29, 0.717) is 0 Å². The SMILES string of the molecule is Cc1sc2c3ccccc3n(C)c2c1C. The van der Waals surface area contributed by atoms with Crippen molar-refractivity contribution in [1.82, 2.24) is 4.57 Å². The van der Waals surface area contributed by atoms with Crippen molar-refractivity contribution in [2.75, 3.05) is 0 Å². The lowest BCUT2D eigenvalue weighted by Crippen LogP contribution is -1.87. The monoisotopic (exact) mass is 215 g/mol. The number of hydrogen-bond acceptors (Lipinski definition) is 1. The van der Waals surface area contributed by atoms with Gasteiger partial charge >= 0.3 is 0 Å². The van der Waals surface area contributed by atoms with Crippen LogP contribution in [0, 0.1) is 13.8 Å². The van der Waals surface area contributed by atoms with Gasteiger partial charge in [-0.25, -0.2) is 0 Å². The summed E-state index contributed by atoms with van der Waals surface area (Å²) in [6.07, 6.45) is 0. The second-order valence-electron chi connectivity index (χ2n) is 4.04. The summed E-state index contributed by atoms with van der Waals surface area (Å²) in [4.78, 5) is 1.43. The largest absolute Gasteiger partial charge is 0.343 e. The van der Waals surface area contributed by atoms with Crippen LogP contribution in [-0.4, -0.2) is 4.57 Å². The van der Waals surface area contributed by atoms with E-state index in [1.807, 2.05) is 11.3 Å². The van der Waals surface area contributed by atoms with E-state index in [0.717, 1.165) is 0 Å². The summed E-state index contributed by atoms with van der Waals surface area (Å²) in [7, 11) is 2.16. The highest BCUT2D eigenvalue weighted by atomic mass is 32.1. The molecule has 0 aliphatic heterocycles. The van der Waals surface area contributed by atoms with E-state index < -0.39 is 0 Å². The molecule has 0 saturated carbocycles. The highest BCUT2D eigenvalue weighted by Gasteiger charge is 2.13. The Morgan fingerprint density at radius 3 is 2.67 bits per heavy atom. The molecule has 0 spiro atoms. The lowest BCUT2D eigenvalue weighted by atomic mass is 10.2. The Labute approximate surface area is 92.9 Å². The van der Waals surface area contributed by atoms with Crippen molar-refractivity contribution in [1.29, 1.82) is 0 Å². The van der Waals surface area contributed by atoms with Crippen LogP contribution >= 0.6 is 11.3 Å². The summed E-state index contributed by atoms with van der Waals surface area (Å²) in [5.74, 6) is 0. The molecular formula is C13H13NS. The van der Waals surface area contributed by atoms with Gasteiger partial charge in [-0.15, -0.1) is 11.3 Å². The molecule has 2 heteroatoms. The third kappa shape index (κ3) is 1.03. The number of benzene rings is 1. The molecule has 0 bridgehead atoms. The van der Waals surface area contributed by atoms with Gasteiger partial charge in [0, 0.05) is 22.8 Å². The number of rotatable bonds is 0. The van der Waals surface area contributed by atoms with Crippen LogP contribution in [0.2, 0.25) is 0 Å². The molecule has 0 aliphatic carbocycles.